The third-order valence-electron chi connectivity index (χ3n) is 3.29. The molecule has 0 atom stereocenters. The van der Waals surface area contributed by atoms with Gasteiger partial charge in [-0.25, -0.2) is 0 Å². The Morgan fingerprint density at radius 2 is 1.73 bits per heavy atom. The molecule has 0 aliphatic rings. The maximum Gasteiger partial charge on any atom is 0.239 e. The number of hydrogen-bond donors (Lipinski definition) is 2. The number of ketones is 1. The molecule has 0 radical (unpaired) electrons. The number of benzene rings is 1. The summed E-state index contributed by atoms with van der Waals surface area (Å²) in [6.07, 6.45) is 1.09. The number of nitrogens with one attached hydrogen (secondary N) is 2. The van der Waals surface area contributed by atoms with Crippen molar-refractivity contribution in [3.63, 3.8) is 0 Å². The fraction of sp³-hybridized carbons (Fsp3) is 0.471. The van der Waals surface area contributed by atoms with Crippen LogP contribution in [0.15, 0.2) is 18.2 Å². The van der Waals surface area contributed by atoms with E-state index in [-0.39, 0.29) is 37.0 Å². The molecule has 120 valence electrons. The highest BCUT2D eigenvalue weighted by molar-refractivity contribution is 5.99. The van der Waals surface area contributed by atoms with E-state index in [1.165, 1.54) is 0 Å². The Bertz CT molecular complexity index is 553. The van der Waals surface area contributed by atoms with Crippen molar-refractivity contribution in [2.24, 2.45) is 0 Å². The Hall–Kier alpha value is -2.17. The molecule has 0 unspecified atom stereocenters. The summed E-state index contributed by atoms with van der Waals surface area (Å²) in [7, 11) is 0. The van der Waals surface area contributed by atoms with E-state index in [0.717, 1.165) is 17.5 Å². The Kier molecular flexibility index (Phi) is 7.29. The molecule has 2 N–H and O–H groups in total. The first kappa shape index (κ1) is 17.9. The van der Waals surface area contributed by atoms with E-state index < -0.39 is 0 Å². The lowest BCUT2D eigenvalue weighted by molar-refractivity contribution is -0.126. The van der Waals surface area contributed by atoms with Crippen LogP contribution in [0.2, 0.25) is 0 Å². The second-order valence-corrected chi connectivity index (χ2v) is 5.37. The van der Waals surface area contributed by atoms with Crippen molar-refractivity contribution in [3.05, 3.63) is 34.9 Å². The Balaban J connectivity index is 2.39. The Morgan fingerprint density at radius 1 is 1.00 bits per heavy atom. The van der Waals surface area contributed by atoms with Gasteiger partial charge in [0.1, 0.15) is 0 Å². The molecule has 0 bridgehead atoms. The normalized spacial score (nSPS) is 10.1. The second kappa shape index (κ2) is 8.97. The monoisotopic (exact) mass is 304 g/mol. The largest absolute Gasteiger partial charge is 0.355 e. The van der Waals surface area contributed by atoms with Crippen molar-refractivity contribution in [1.29, 1.82) is 0 Å². The van der Waals surface area contributed by atoms with E-state index in [0.29, 0.717) is 12.1 Å². The summed E-state index contributed by atoms with van der Waals surface area (Å²) < 4.78 is 0. The molecule has 0 aliphatic carbocycles. The van der Waals surface area contributed by atoms with E-state index in [2.05, 4.69) is 10.6 Å². The van der Waals surface area contributed by atoms with Crippen molar-refractivity contribution in [2.75, 3.05) is 13.1 Å². The van der Waals surface area contributed by atoms with Crippen LogP contribution in [0, 0.1) is 13.8 Å². The summed E-state index contributed by atoms with van der Waals surface area (Å²) in [6, 6.07) is 5.70. The third kappa shape index (κ3) is 6.08. The summed E-state index contributed by atoms with van der Waals surface area (Å²) in [6.45, 7) is 6.32. The maximum atomic E-state index is 12.1. The number of carbonyl (C=O) groups is 3. The number of rotatable bonds is 8. The van der Waals surface area contributed by atoms with Gasteiger partial charge in [0, 0.05) is 24.9 Å². The van der Waals surface area contributed by atoms with Crippen molar-refractivity contribution in [1.82, 2.24) is 10.6 Å². The minimum atomic E-state index is -0.287. The lowest BCUT2D eigenvalue weighted by atomic mass is 9.99. The maximum absolute atomic E-state index is 12.1. The third-order valence-corrected chi connectivity index (χ3v) is 3.29. The van der Waals surface area contributed by atoms with Gasteiger partial charge in [-0.05, 0) is 31.9 Å². The molecule has 5 nitrogen and oxygen atoms in total. The number of amides is 2. The molecule has 2 amide bonds. The van der Waals surface area contributed by atoms with Crippen molar-refractivity contribution >= 4 is 17.6 Å². The average Bonchev–Trinajstić information content (AvgIpc) is 2.50. The molecule has 5 heteroatoms. The predicted molar refractivity (Wildman–Crippen MR) is 85.8 cm³/mol. The van der Waals surface area contributed by atoms with Gasteiger partial charge in [0.15, 0.2) is 5.78 Å². The van der Waals surface area contributed by atoms with Crippen LogP contribution in [-0.2, 0) is 9.59 Å². The predicted octanol–water partition coefficient (Wildman–Crippen LogP) is 1.91. The molecule has 1 aromatic rings. The van der Waals surface area contributed by atoms with Gasteiger partial charge in [0.2, 0.25) is 11.8 Å². The zero-order chi connectivity index (χ0) is 16.5. The zero-order valence-corrected chi connectivity index (χ0v) is 13.5. The molecule has 22 heavy (non-hydrogen) atoms. The first-order valence-electron chi connectivity index (χ1n) is 7.58. The van der Waals surface area contributed by atoms with Crippen LogP contribution in [0.4, 0.5) is 0 Å². The summed E-state index contributed by atoms with van der Waals surface area (Å²) in [5.41, 5.74) is 2.59. The van der Waals surface area contributed by atoms with Crippen LogP contribution in [0.1, 0.15) is 47.7 Å². The highest BCUT2D eigenvalue weighted by Crippen LogP contribution is 2.13. The average molecular weight is 304 g/mol. The molecular weight excluding hydrogens is 280 g/mol. The summed E-state index contributed by atoms with van der Waals surface area (Å²) in [4.78, 5) is 35.2. The first-order chi connectivity index (χ1) is 10.4. The molecule has 0 heterocycles. The fourth-order valence-electron chi connectivity index (χ4n) is 1.99. The van der Waals surface area contributed by atoms with Gasteiger partial charge in [0.25, 0.3) is 0 Å². The van der Waals surface area contributed by atoms with E-state index in [9.17, 15) is 14.4 Å². The minimum absolute atomic E-state index is 0.0451. The molecule has 1 aromatic carbocycles. The number of hydrogen-bond acceptors (Lipinski definition) is 3. The highest BCUT2D eigenvalue weighted by atomic mass is 16.2. The van der Waals surface area contributed by atoms with Gasteiger partial charge in [0.05, 0.1) is 6.54 Å². The van der Waals surface area contributed by atoms with E-state index in [1.54, 1.807) is 0 Å². The fourth-order valence-corrected chi connectivity index (χ4v) is 1.99. The number of carbonyl (C=O) groups excluding carboxylic acids is 3. The SMILES string of the molecule is CCCNC(=O)CNC(=O)CCC(=O)c1cc(C)ccc1C. The molecule has 0 aliphatic heterocycles. The van der Waals surface area contributed by atoms with Crippen LogP contribution in [0.5, 0.6) is 0 Å². The molecule has 1 rings (SSSR count). The quantitative estimate of drug-likeness (QED) is 0.720. The van der Waals surface area contributed by atoms with Gasteiger partial charge < -0.3 is 10.6 Å². The Labute approximate surface area is 131 Å². The summed E-state index contributed by atoms with van der Waals surface area (Å²) in [5, 5.41) is 5.19. The number of Topliss-reactive ketones (excluding diaryl/α,β-unsaturated/α-hetero) is 1. The molecule has 0 spiro atoms. The summed E-state index contributed by atoms with van der Waals surface area (Å²) >= 11 is 0. The van der Waals surface area contributed by atoms with Crippen molar-refractivity contribution in [3.8, 4) is 0 Å². The molecule has 0 aromatic heterocycles. The van der Waals surface area contributed by atoms with Crippen molar-refractivity contribution in [2.45, 2.75) is 40.0 Å². The van der Waals surface area contributed by atoms with Gasteiger partial charge in [-0.15, -0.1) is 0 Å². The van der Waals surface area contributed by atoms with Gasteiger partial charge in [-0.3, -0.25) is 14.4 Å². The topological polar surface area (TPSA) is 75.3 Å². The van der Waals surface area contributed by atoms with Gasteiger partial charge >= 0.3 is 0 Å². The van der Waals surface area contributed by atoms with Crippen LogP contribution >= 0.6 is 0 Å². The van der Waals surface area contributed by atoms with Crippen LogP contribution < -0.4 is 10.6 Å². The smallest absolute Gasteiger partial charge is 0.239 e. The van der Waals surface area contributed by atoms with Crippen LogP contribution in [-0.4, -0.2) is 30.7 Å². The lowest BCUT2D eigenvalue weighted by Crippen LogP contribution is -2.37. The lowest BCUT2D eigenvalue weighted by Gasteiger charge is -2.07. The van der Waals surface area contributed by atoms with Crippen LogP contribution in [0.25, 0.3) is 0 Å². The van der Waals surface area contributed by atoms with Gasteiger partial charge in [-0.2, -0.15) is 0 Å². The van der Waals surface area contributed by atoms with Gasteiger partial charge in [-0.1, -0.05) is 24.6 Å². The standard InChI is InChI=1S/C17H24N2O3/c1-4-9-18-17(22)11-19-16(21)8-7-15(20)14-10-12(2)5-6-13(14)3/h5-6,10H,4,7-9,11H2,1-3H3,(H,18,22)(H,19,21). The van der Waals surface area contributed by atoms with E-state index >= 15 is 0 Å². The second-order valence-electron chi connectivity index (χ2n) is 5.37. The molecule has 0 fully saturated rings. The van der Waals surface area contributed by atoms with E-state index in [4.69, 9.17) is 0 Å². The highest BCUT2D eigenvalue weighted by Gasteiger charge is 2.12. The summed E-state index contributed by atoms with van der Waals surface area (Å²) in [5.74, 6) is -0.548. The van der Waals surface area contributed by atoms with E-state index in [1.807, 2.05) is 39.0 Å². The first-order valence-corrected chi connectivity index (χ1v) is 7.58. The molecule has 0 saturated carbocycles. The van der Waals surface area contributed by atoms with Crippen molar-refractivity contribution < 1.29 is 14.4 Å². The Morgan fingerprint density at radius 3 is 2.41 bits per heavy atom. The molecular formula is C17H24N2O3. The zero-order valence-electron chi connectivity index (χ0n) is 13.5. The molecule has 0 saturated heterocycles. The van der Waals surface area contributed by atoms with Crippen LogP contribution in [0.3, 0.4) is 0 Å². The minimum Gasteiger partial charge on any atom is -0.355 e. The number of aryl methyl sites for hydroxylation is 2.